The van der Waals surface area contributed by atoms with Gasteiger partial charge in [-0.25, -0.2) is 4.98 Å². The zero-order valence-electron chi connectivity index (χ0n) is 11.0. The lowest BCUT2D eigenvalue weighted by Gasteiger charge is -2.13. The Morgan fingerprint density at radius 3 is 2.75 bits per heavy atom. The number of anilines is 1. The van der Waals surface area contributed by atoms with E-state index in [0.29, 0.717) is 16.4 Å². The molecule has 1 amide bonds. The number of carbonyl (C=O) groups excluding carboxylic acids is 1. The molecule has 3 N–H and O–H groups in total. The van der Waals surface area contributed by atoms with Gasteiger partial charge < -0.3 is 11.1 Å². The van der Waals surface area contributed by atoms with Crippen LogP contribution in [0.5, 0.6) is 0 Å². The second kappa shape index (κ2) is 6.17. The topological polar surface area (TPSA) is 91.8 Å². The molecule has 0 saturated carbocycles. The van der Waals surface area contributed by atoms with Crippen molar-refractivity contribution in [1.29, 1.82) is 5.26 Å². The van der Waals surface area contributed by atoms with Crippen molar-refractivity contribution in [1.82, 2.24) is 10.3 Å². The van der Waals surface area contributed by atoms with Crippen LogP contribution in [0.3, 0.4) is 0 Å². The fourth-order valence-electron chi connectivity index (χ4n) is 1.79. The Kier molecular flexibility index (Phi) is 4.33. The number of rotatable bonds is 4. The number of hydrogen-bond acceptors (Lipinski definition) is 5. The van der Waals surface area contributed by atoms with Gasteiger partial charge in [-0.15, -0.1) is 11.3 Å². The minimum Gasteiger partial charge on any atom is -0.375 e. The summed E-state index contributed by atoms with van der Waals surface area (Å²) in [6, 6.07) is 9.09. The van der Waals surface area contributed by atoms with Gasteiger partial charge in [-0.3, -0.25) is 4.79 Å². The number of amides is 1. The molecule has 0 aliphatic carbocycles. The van der Waals surface area contributed by atoms with Crippen molar-refractivity contribution < 1.29 is 4.79 Å². The summed E-state index contributed by atoms with van der Waals surface area (Å²) < 4.78 is 0. The van der Waals surface area contributed by atoms with Gasteiger partial charge in [0.25, 0.3) is 0 Å². The van der Waals surface area contributed by atoms with Crippen LogP contribution in [0.15, 0.2) is 29.6 Å². The fourth-order valence-corrected chi connectivity index (χ4v) is 2.35. The lowest BCUT2D eigenvalue weighted by molar-refractivity contribution is -0.121. The number of nitrogens with zero attached hydrogens (tertiary/aromatic N) is 2. The van der Waals surface area contributed by atoms with Crippen LogP contribution in [0.2, 0.25) is 0 Å². The standard InChI is InChI=1S/C14H14N4OS/c1-9(11-4-2-10(7-15)3-5-11)17-13(19)6-12-8-20-14(16)18-12/h2-5,8-9H,6H2,1H3,(H2,16,18)(H,17,19). The van der Waals surface area contributed by atoms with E-state index in [9.17, 15) is 4.79 Å². The van der Waals surface area contributed by atoms with Crippen LogP contribution < -0.4 is 11.1 Å². The Morgan fingerprint density at radius 1 is 1.50 bits per heavy atom. The minimum atomic E-state index is -0.119. The molecule has 1 atom stereocenters. The maximum absolute atomic E-state index is 11.9. The van der Waals surface area contributed by atoms with Crippen LogP contribution in [0.4, 0.5) is 5.13 Å². The van der Waals surface area contributed by atoms with Gasteiger partial charge in [0.2, 0.25) is 5.91 Å². The van der Waals surface area contributed by atoms with Gasteiger partial charge in [0.1, 0.15) is 0 Å². The van der Waals surface area contributed by atoms with Gasteiger partial charge in [-0.05, 0) is 24.6 Å². The number of thiazole rings is 1. The maximum Gasteiger partial charge on any atom is 0.226 e. The van der Waals surface area contributed by atoms with E-state index in [2.05, 4.69) is 16.4 Å². The molecule has 0 radical (unpaired) electrons. The average molecular weight is 286 g/mol. The van der Waals surface area contributed by atoms with Gasteiger partial charge in [-0.1, -0.05) is 12.1 Å². The summed E-state index contributed by atoms with van der Waals surface area (Å²) in [6.07, 6.45) is 0.217. The molecule has 1 aromatic carbocycles. The first-order valence-electron chi connectivity index (χ1n) is 6.08. The fraction of sp³-hybridized carbons (Fsp3) is 0.214. The maximum atomic E-state index is 11.9. The molecule has 102 valence electrons. The number of hydrogen-bond donors (Lipinski definition) is 2. The molecular formula is C14H14N4OS. The van der Waals surface area contributed by atoms with E-state index in [4.69, 9.17) is 11.0 Å². The predicted octanol–water partition coefficient (Wildman–Crippen LogP) is 2.02. The largest absolute Gasteiger partial charge is 0.375 e. The predicted molar refractivity (Wildman–Crippen MR) is 77.9 cm³/mol. The summed E-state index contributed by atoms with van der Waals surface area (Å²) in [4.78, 5) is 15.9. The minimum absolute atomic E-state index is 0.104. The van der Waals surface area contributed by atoms with Crippen molar-refractivity contribution in [2.75, 3.05) is 5.73 Å². The summed E-state index contributed by atoms with van der Waals surface area (Å²) in [6.45, 7) is 1.90. The Bertz CT molecular complexity index is 642. The summed E-state index contributed by atoms with van der Waals surface area (Å²) in [5, 5.41) is 13.9. The van der Waals surface area contributed by atoms with Gasteiger partial charge in [-0.2, -0.15) is 5.26 Å². The number of carbonyl (C=O) groups is 1. The van der Waals surface area contributed by atoms with Crippen LogP contribution in [-0.2, 0) is 11.2 Å². The molecule has 0 spiro atoms. The summed E-state index contributed by atoms with van der Waals surface area (Å²) in [5.41, 5.74) is 7.76. The lowest BCUT2D eigenvalue weighted by atomic mass is 10.1. The van der Waals surface area contributed by atoms with Gasteiger partial charge in [0.15, 0.2) is 5.13 Å². The Balaban J connectivity index is 1.94. The molecule has 0 bridgehead atoms. The average Bonchev–Trinajstić information content (AvgIpc) is 2.84. The van der Waals surface area contributed by atoms with Crippen molar-refractivity contribution in [2.45, 2.75) is 19.4 Å². The summed E-state index contributed by atoms with van der Waals surface area (Å²) in [5.74, 6) is -0.104. The smallest absolute Gasteiger partial charge is 0.226 e. The molecule has 6 heteroatoms. The number of benzene rings is 1. The number of nitrogens with one attached hydrogen (secondary N) is 1. The Morgan fingerprint density at radius 2 is 2.20 bits per heavy atom. The molecule has 0 saturated heterocycles. The van der Waals surface area contributed by atoms with Crippen LogP contribution in [0.25, 0.3) is 0 Å². The van der Waals surface area contributed by atoms with Crippen molar-refractivity contribution in [3.8, 4) is 6.07 Å². The normalized spacial score (nSPS) is 11.6. The summed E-state index contributed by atoms with van der Waals surface area (Å²) >= 11 is 1.32. The van der Waals surface area contributed by atoms with Crippen LogP contribution in [0.1, 0.15) is 29.8 Å². The highest BCUT2D eigenvalue weighted by atomic mass is 32.1. The molecule has 1 unspecified atom stereocenters. The molecule has 5 nitrogen and oxygen atoms in total. The van der Waals surface area contributed by atoms with Crippen molar-refractivity contribution in [3.63, 3.8) is 0 Å². The molecule has 20 heavy (non-hydrogen) atoms. The van der Waals surface area contributed by atoms with Crippen LogP contribution in [-0.4, -0.2) is 10.9 Å². The van der Waals surface area contributed by atoms with E-state index in [1.54, 1.807) is 17.5 Å². The van der Waals surface area contributed by atoms with Crippen molar-refractivity contribution in [2.24, 2.45) is 0 Å². The number of nitrogen functional groups attached to an aromatic ring is 1. The van der Waals surface area contributed by atoms with E-state index < -0.39 is 0 Å². The summed E-state index contributed by atoms with van der Waals surface area (Å²) in [7, 11) is 0. The first-order chi connectivity index (χ1) is 9.58. The van der Waals surface area contributed by atoms with Crippen LogP contribution >= 0.6 is 11.3 Å². The van der Waals surface area contributed by atoms with Crippen molar-refractivity contribution in [3.05, 3.63) is 46.5 Å². The SMILES string of the molecule is CC(NC(=O)Cc1csc(N)n1)c1ccc(C#N)cc1. The van der Waals surface area contributed by atoms with Crippen molar-refractivity contribution >= 4 is 22.4 Å². The van der Waals surface area contributed by atoms with E-state index >= 15 is 0 Å². The number of nitriles is 1. The number of aromatic nitrogens is 1. The highest BCUT2D eigenvalue weighted by Crippen LogP contribution is 2.14. The molecule has 0 aliphatic rings. The van der Waals surface area contributed by atoms with Crippen LogP contribution in [0, 0.1) is 11.3 Å². The molecule has 1 heterocycles. The highest BCUT2D eigenvalue weighted by molar-refractivity contribution is 7.13. The van der Waals surface area contributed by atoms with E-state index in [-0.39, 0.29) is 18.4 Å². The molecule has 1 aromatic heterocycles. The molecular weight excluding hydrogens is 272 g/mol. The molecule has 2 rings (SSSR count). The van der Waals surface area contributed by atoms with E-state index in [1.807, 2.05) is 19.1 Å². The van der Waals surface area contributed by atoms with Gasteiger partial charge in [0.05, 0.1) is 29.8 Å². The molecule has 2 aromatic rings. The molecule has 0 fully saturated rings. The lowest BCUT2D eigenvalue weighted by Crippen LogP contribution is -2.28. The number of nitrogens with two attached hydrogens (primary N) is 1. The first-order valence-corrected chi connectivity index (χ1v) is 6.95. The zero-order valence-corrected chi connectivity index (χ0v) is 11.8. The van der Waals surface area contributed by atoms with E-state index in [0.717, 1.165) is 5.56 Å². The van der Waals surface area contributed by atoms with Gasteiger partial charge in [0, 0.05) is 5.38 Å². The Hall–Kier alpha value is -2.39. The van der Waals surface area contributed by atoms with E-state index in [1.165, 1.54) is 11.3 Å². The third-order valence-corrected chi connectivity index (χ3v) is 3.55. The Labute approximate surface area is 121 Å². The quantitative estimate of drug-likeness (QED) is 0.899. The molecule has 0 aliphatic heterocycles. The third kappa shape index (κ3) is 3.56. The third-order valence-electron chi connectivity index (χ3n) is 2.83. The highest BCUT2D eigenvalue weighted by Gasteiger charge is 2.11. The first kappa shape index (κ1) is 14.0. The monoisotopic (exact) mass is 286 g/mol. The second-order valence-corrected chi connectivity index (χ2v) is 5.27. The van der Waals surface area contributed by atoms with Gasteiger partial charge >= 0.3 is 0 Å². The second-order valence-electron chi connectivity index (χ2n) is 4.38. The zero-order chi connectivity index (χ0) is 14.5.